The van der Waals surface area contributed by atoms with Crippen LogP contribution in [0.5, 0.6) is 0 Å². The fourth-order valence-electron chi connectivity index (χ4n) is 25.5. The van der Waals surface area contributed by atoms with Gasteiger partial charge in [0.1, 0.15) is 0 Å². The number of rotatable bonds is 8. The average molecular weight is 1690 g/mol. The van der Waals surface area contributed by atoms with Crippen molar-refractivity contribution in [2.75, 3.05) is 0 Å². The van der Waals surface area contributed by atoms with Crippen LogP contribution in [0.1, 0.15) is 95.9 Å². The second kappa shape index (κ2) is 23.1. The molecule has 14 rings (SSSR count). The molecule has 4 aromatic carbocycles. The first-order valence-corrected chi connectivity index (χ1v) is 72.4. The van der Waals surface area contributed by atoms with Gasteiger partial charge in [-0.2, -0.15) is 0 Å². The Balaban J connectivity index is 1.19. The second-order valence-corrected chi connectivity index (χ2v) is 112. The maximum atomic E-state index is 11.6. The van der Waals surface area contributed by atoms with Gasteiger partial charge in [0.15, 0.2) is 0 Å². The zero-order valence-electron chi connectivity index (χ0n) is 62.4. The molecule has 2 heterocycles. The molecule has 13 heteroatoms. The number of aryl methyl sites for hydroxylation is 4. The molecule has 0 nitrogen and oxygen atoms in total. The summed E-state index contributed by atoms with van der Waals surface area (Å²) >= 11 is 22.8. The number of hydrogen-bond donors (Lipinski definition) is 0. The summed E-state index contributed by atoms with van der Waals surface area (Å²) in [6.07, 6.45) is 49.2. The summed E-state index contributed by atoms with van der Waals surface area (Å²) in [5.41, 5.74) is 25.8. The van der Waals surface area contributed by atoms with Gasteiger partial charge in [-0.25, -0.2) is 0 Å². The van der Waals surface area contributed by atoms with E-state index >= 15 is 0 Å². The van der Waals surface area contributed by atoms with Crippen LogP contribution in [-0.4, -0.2) is 49.9 Å². The Kier molecular flexibility index (Phi) is 16.9. The first-order valence-electron chi connectivity index (χ1n) is 36.2. The molecule has 0 saturated carbocycles. The van der Waals surface area contributed by atoms with Crippen molar-refractivity contribution in [2.45, 2.75) is 182 Å². The molecule has 8 unspecified atom stereocenters. The Morgan fingerprint density at radius 1 is 0.313 bits per heavy atom. The van der Waals surface area contributed by atoms with Gasteiger partial charge < -0.3 is 0 Å². The molecule has 0 N–H and O–H groups in total. The summed E-state index contributed by atoms with van der Waals surface area (Å²) in [6, 6.07) is 19.1. The molecule has 8 atom stereocenters. The fraction of sp³-hybridized carbons (Fsp3) is 0.349. The van der Waals surface area contributed by atoms with Gasteiger partial charge in [0, 0.05) is 0 Å². The molecule has 514 valence electrons. The van der Waals surface area contributed by atoms with Crippen LogP contribution < -0.4 is 20.7 Å². The number of fused-ring (bicyclic) bond motifs is 8. The molecule has 99 heavy (non-hydrogen) atoms. The first-order chi connectivity index (χ1) is 46.1. The van der Waals surface area contributed by atoms with Crippen molar-refractivity contribution < 1.29 is 14.7 Å². The SMILES string of the molecule is CC1=CC2=C(C=CC=CC2c2cc(C)c([Si](C)(C)C)c(Cl)c2)[C]12[SiH](C)[C]1(C(C)=CC3=C1C=CC=CC3c1cc(C)c([Si](C)(C)C)c(Cl)c1)[Hf]21([Cl])([Cl])[C]2(C(C)=CC3=C2C=CC=CC3c2cc(C)c([Si](C)(C)C)c(Cl)c2)[SiH](C)[C]12C(C)=CC1=C2C=CC=CC1c1cc(C)c([Si](C)(C)C)c(Cl)c1. The van der Waals surface area contributed by atoms with E-state index in [9.17, 15) is 17.2 Å². The molecule has 4 aromatic rings. The minimum absolute atomic E-state index is 0.130. The molecule has 10 aliphatic rings. The third kappa shape index (κ3) is 8.52. The first kappa shape index (κ1) is 72.6. The summed E-state index contributed by atoms with van der Waals surface area (Å²) in [7, 11) is 10.5. The number of allylic oxidation sites excluding steroid dienone is 32. The van der Waals surface area contributed by atoms with Gasteiger partial charge in [0.25, 0.3) is 0 Å². The number of hydrogen-bond acceptors (Lipinski definition) is 0. The average Bonchev–Trinajstić information content (AvgIpc) is 1.52. The second-order valence-electron chi connectivity index (χ2n) is 35.7. The van der Waals surface area contributed by atoms with Crippen LogP contribution >= 0.6 is 63.6 Å². The van der Waals surface area contributed by atoms with E-state index in [0.717, 1.165) is 20.1 Å². The normalized spacial score (nSPS) is 31.2. The Morgan fingerprint density at radius 3 is 0.677 bits per heavy atom. The monoisotopic (exact) mass is 1690 g/mol. The van der Waals surface area contributed by atoms with E-state index in [1.165, 1.54) is 132 Å². The van der Waals surface area contributed by atoms with Crippen molar-refractivity contribution in [3.8, 4) is 0 Å². The Hall–Kier alpha value is -3.37. The molecule has 0 radical (unpaired) electrons. The van der Waals surface area contributed by atoms with E-state index in [1.807, 2.05) is 0 Å². The van der Waals surface area contributed by atoms with E-state index in [4.69, 9.17) is 46.4 Å². The van der Waals surface area contributed by atoms with Gasteiger partial charge in [-0.15, -0.1) is 0 Å². The van der Waals surface area contributed by atoms with Crippen molar-refractivity contribution in [1.29, 1.82) is 0 Å². The van der Waals surface area contributed by atoms with Crippen molar-refractivity contribution in [1.82, 2.24) is 0 Å². The van der Waals surface area contributed by atoms with Gasteiger partial charge in [0.05, 0.1) is 0 Å². The molecule has 2 saturated heterocycles. The van der Waals surface area contributed by atoms with Crippen LogP contribution in [0.15, 0.2) is 237 Å². The summed E-state index contributed by atoms with van der Waals surface area (Å²) in [5.74, 6) is -0.519. The third-order valence-corrected chi connectivity index (χ3v) is 154. The van der Waals surface area contributed by atoms with Crippen LogP contribution in [-0.2, 0) is 14.7 Å². The molecule has 2 fully saturated rings. The quantitative estimate of drug-likeness (QED) is 0.154. The summed E-state index contributed by atoms with van der Waals surface area (Å²) in [5, 5.41) is 8.77. The molecular weight excluding hydrogens is 1590 g/mol. The molecule has 5 spiro atoms. The molecule has 8 aliphatic carbocycles. The third-order valence-electron chi connectivity index (χ3n) is 26.8. The molecule has 0 amide bonds. The Morgan fingerprint density at radius 2 is 0.505 bits per heavy atom. The van der Waals surface area contributed by atoms with Crippen LogP contribution in [0, 0.1) is 27.7 Å². The van der Waals surface area contributed by atoms with E-state index in [1.54, 1.807) is 0 Å². The maximum absolute atomic E-state index is 11.6. The summed E-state index contributed by atoms with van der Waals surface area (Å²) in [4.78, 5) is 0. The van der Waals surface area contributed by atoms with Crippen LogP contribution in [0.4, 0.5) is 0 Å². The predicted molar refractivity (Wildman–Crippen MR) is 452 cm³/mol. The van der Waals surface area contributed by atoms with Gasteiger partial charge in [-0.3, -0.25) is 0 Å². The van der Waals surface area contributed by atoms with Crippen molar-refractivity contribution in [3.63, 3.8) is 0 Å². The van der Waals surface area contributed by atoms with Gasteiger partial charge in [-0.1, -0.05) is 0 Å². The van der Waals surface area contributed by atoms with Crippen molar-refractivity contribution >= 4 is 134 Å². The number of benzene rings is 4. The van der Waals surface area contributed by atoms with Gasteiger partial charge in [0.2, 0.25) is 0 Å². The number of halogens is 6. The topological polar surface area (TPSA) is 0 Å². The van der Waals surface area contributed by atoms with Crippen LogP contribution in [0.2, 0.25) is 123 Å². The Labute approximate surface area is 625 Å². The van der Waals surface area contributed by atoms with Crippen LogP contribution in [0.25, 0.3) is 0 Å². The zero-order chi connectivity index (χ0) is 71.8. The van der Waals surface area contributed by atoms with E-state index in [2.05, 4.69) is 317 Å². The van der Waals surface area contributed by atoms with Gasteiger partial charge in [-0.05, 0) is 0 Å². The van der Waals surface area contributed by atoms with E-state index < -0.39 is 75.7 Å². The summed E-state index contributed by atoms with van der Waals surface area (Å²) in [6.45, 7) is 53.6. The zero-order valence-corrected chi connectivity index (χ0v) is 76.8. The minimum atomic E-state index is -8.00. The molecule has 0 aromatic heterocycles. The van der Waals surface area contributed by atoms with Crippen molar-refractivity contribution in [3.05, 3.63) is 302 Å². The molecular formula is C86H100Cl6HfSi6. The van der Waals surface area contributed by atoms with Crippen LogP contribution in [0.3, 0.4) is 0 Å². The molecule has 0 bridgehead atoms. The standard InChI is InChI=1S/2C43H50Cl2Si3.2ClH.Hf/c2*1-26-22-36-32(30-20-28(3)42(38(44)24-30)47(6,7)8)16-12-14-18-34(36)40(26)46(5)41-27(2)23-37-33(17-13-15-19-35(37)41)31-21-29(4)43(39(45)25-31)48(9,10)11;;;/h2*12-25,32-33,46H,1-11H3;2*1H;/q;;;;+2/p-2. The fourth-order valence-corrected chi connectivity index (χ4v) is 210. The predicted octanol–water partition coefficient (Wildman–Crippen LogP) is 24.7. The molecule has 2 aliphatic heterocycles. The van der Waals surface area contributed by atoms with Crippen molar-refractivity contribution in [2.24, 2.45) is 0 Å². The van der Waals surface area contributed by atoms with E-state index in [-0.39, 0.29) is 23.7 Å². The van der Waals surface area contributed by atoms with E-state index in [0.29, 0.717) is 0 Å². The Bertz CT molecular complexity index is 4240. The summed E-state index contributed by atoms with van der Waals surface area (Å²) < 4.78 is -3.15. The van der Waals surface area contributed by atoms with Gasteiger partial charge >= 0.3 is 632 Å².